The average molecular weight is 698 g/mol. The second-order valence-corrected chi connectivity index (χ2v) is 13.9. The van der Waals surface area contributed by atoms with Gasteiger partial charge in [0.1, 0.15) is 27.0 Å². The molecule has 5 rings (SSSR count). The van der Waals surface area contributed by atoms with Crippen LogP contribution in [-0.2, 0) is 31.0 Å². The van der Waals surface area contributed by atoms with E-state index in [0.717, 1.165) is 32.6 Å². The highest BCUT2D eigenvalue weighted by Crippen LogP contribution is 2.48. The lowest BCUT2D eigenvalue weighted by molar-refractivity contribution is -0.140. The summed E-state index contributed by atoms with van der Waals surface area (Å²) >= 11 is 6.76. The monoisotopic (exact) mass is 697 g/mol. The van der Waals surface area contributed by atoms with E-state index < -0.39 is 52.4 Å². The summed E-state index contributed by atoms with van der Waals surface area (Å²) in [5.41, 5.74) is 0.470. The molecule has 1 aromatic heterocycles. The maximum atomic E-state index is 13.2. The highest BCUT2D eigenvalue weighted by molar-refractivity contribution is 8.30. The molecule has 0 saturated carbocycles. The lowest BCUT2D eigenvalue weighted by Crippen LogP contribution is -2.36. The van der Waals surface area contributed by atoms with Crippen LogP contribution in [0.1, 0.15) is 13.3 Å². The van der Waals surface area contributed by atoms with E-state index in [1.165, 1.54) is 12.2 Å². The molecule has 4 heterocycles. The number of carbonyl (C=O) groups excluding carboxylic acids is 1. The molecule has 1 saturated heterocycles. The highest BCUT2D eigenvalue weighted by atomic mass is 32.2. The van der Waals surface area contributed by atoms with Gasteiger partial charge in [0.05, 0.1) is 16.0 Å². The molecule has 2 aromatic rings. The summed E-state index contributed by atoms with van der Waals surface area (Å²) < 4.78 is 49.8. The van der Waals surface area contributed by atoms with Crippen LogP contribution in [0.3, 0.4) is 0 Å². The van der Waals surface area contributed by atoms with Crippen molar-refractivity contribution in [1.29, 1.82) is 0 Å². The zero-order valence-corrected chi connectivity index (χ0v) is 26.4. The van der Waals surface area contributed by atoms with Crippen LogP contribution in [0.4, 0.5) is 5.69 Å². The SMILES string of the molecule is CC(C=CC=c1sc(=C2SC(=S)N(CC(=O)O)C2=O)n(CC(=O)O)c1=O)=C1Oc2cc3c(cc2N1CCCS(=O)(=O)O)OCO3. The molecule has 15 nitrogen and oxygen atoms in total. The van der Waals surface area contributed by atoms with Crippen molar-refractivity contribution >= 4 is 84.3 Å². The molecule has 0 atom stereocenters. The molecule has 238 valence electrons. The first-order valence-corrected chi connectivity index (χ1v) is 16.5. The number of thioether (sulfide) groups is 1. The third kappa shape index (κ3) is 6.91. The maximum Gasteiger partial charge on any atom is 0.323 e. The number of rotatable bonds is 10. The van der Waals surface area contributed by atoms with E-state index in [4.69, 9.17) is 31.5 Å². The number of anilines is 1. The molecule has 19 heteroatoms. The van der Waals surface area contributed by atoms with E-state index in [9.17, 15) is 37.3 Å². The quantitative estimate of drug-likeness (QED) is 0.229. The van der Waals surface area contributed by atoms with Gasteiger partial charge < -0.3 is 29.3 Å². The first-order valence-electron chi connectivity index (χ1n) is 12.9. The standard InChI is InChI=1S/C26H23N3O12S4/c1-13(24-27(6-3-7-45(36,37)38)14-8-16-17(40-12-39-16)9-15(14)41-24)4-2-5-18-22(34)28(10-19(30)31)25(43-18)21-23(35)29(11-20(32)33)26(42)44-21/h2,4-5,8-9H,3,6-7,10-12H2,1H3,(H,30,31)(H,32,33)(H,36,37,38). The smallest absolute Gasteiger partial charge is 0.323 e. The summed E-state index contributed by atoms with van der Waals surface area (Å²) in [6.45, 7) is 0.498. The number of carboxylic acids is 2. The second kappa shape index (κ2) is 12.7. The summed E-state index contributed by atoms with van der Waals surface area (Å²) in [6, 6.07) is 3.34. The Labute approximate surface area is 267 Å². The van der Waals surface area contributed by atoms with Crippen LogP contribution in [0.5, 0.6) is 17.2 Å². The number of fused-ring (bicyclic) bond motifs is 2. The summed E-state index contributed by atoms with van der Waals surface area (Å²) in [7, 11) is -4.19. The van der Waals surface area contributed by atoms with Gasteiger partial charge in [0.2, 0.25) is 12.7 Å². The van der Waals surface area contributed by atoms with E-state index >= 15 is 0 Å². The number of hydrogen-bond acceptors (Lipinski definition) is 13. The molecular weight excluding hydrogens is 675 g/mol. The third-order valence-electron chi connectivity index (χ3n) is 6.45. The van der Waals surface area contributed by atoms with Crippen LogP contribution in [0.25, 0.3) is 11.0 Å². The van der Waals surface area contributed by atoms with Crippen LogP contribution in [-0.4, -0.2) is 80.5 Å². The van der Waals surface area contributed by atoms with Gasteiger partial charge in [-0.1, -0.05) is 36.1 Å². The van der Waals surface area contributed by atoms with Crippen molar-refractivity contribution in [3.05, 3.63) is 55.3 Å². The second-order valence-electron chi connectivity index (χ2n) is 9.62. The van der Waals surface area contributed by atoms with Crippen molar-refractivity contribution < 1.29 is 51.8 Å². The minimum absolute atomic E-state index is 0.0273. The molecule has 3 N–H and O–H groups in total. The number of aromatic nitrogens is 1. The molecule has 1 amide bonds. The van der Waals surface area contributed by atoms with Gasteiger partial charge in [-0.05, 0) is 19.4 Å². The van der Waals surface area contributed by atoms with Crippen molar-refractivity contribution in [1.82, 2.24) is 9.47 Å². The first kappa shape index (κ1) is 32.2. The number of ether oxygens (including phenoxy) is 3. The van der Waals surface area contributed by atoms with Gasteiger partial charge in [0.25, 0.3) is 21.6 Å². The zero-order chi connectivity index (χ0) is 32.6. The van der Waals surface area contributed by atoms with Gasteiger partial charge in [-0.3, -0.25) is 33.2 Å². The van der Waals surface area contributed by atoms with Crippen molar-refractivity contribution in [3.63, 3.8) is 0 Å². The number of nitrogens with zero attached hydrogens (tertiary/aromatic N) is 3. The maximum absolute atomic E-state index is 13.2. The summed E-state index contributed by atoms with van der Waals surface area (Å²) in [5.74, 6) is -2.09. The van der Waals surface area contributed by atoms with Gasteiger partial charge in [0, 0.05) is 24.3 Å². The fraction of sp³-hybridized carbons (Fsp3) is 0.269. The van der Waals surface area contributed by atoms with Gasteiger partial charge >= 0.3 is 11.9 Å². The first-order chi connectivity index (χ1) is 21.2. The Morgan fingerprint density at radius 1 is 1.07 bits per heavy atom. The third-order valence-corrected chi connectivity index (χ3v) is 9.97. The molecule has 3 aliphatic rings. The molecule has 0 aliphatic carbocycles. The number of allylic oxidation sites excluding steroid dienone is 3. The molecule has 45 heavy (non-hydrogen) atoms. The van der Waals surface area contributed by atoms with Crippen LogP contribution in [0.2, 0.25) is 0 Å². The average Bonchev–Trinajstić information content (AvgIpc) is 3.69. The topological polar surface area (TPSA) is 202 Å². The number of thiocarbonyl (C=S) groups is 1. The number of thiazole rings is 1. The number of amides is 1. The van der Waals surface area contributed by atoms with E-state index in [1.54, 1.807) is 30.0 Å². The lowest BCUT2D eigenvalue weighted by atomic mass is 10.2. The largest absolute Gasteiger partial charge is 0.480 e. The number of benzene rings is 1. The predicted molar refractivity (Wildman–Crippen MR) is 166 cm³/mol. The Kier molecular flexibility index (Phi) is 9.08. The van der Waals surface area contributed by atoms with E-state index in [2.05, 4.69) is 0 Å². The molecule has 0 bridgehead atoms. The minimum Gasteiger partial charge on any atom is -0.480 e. The number of hydrogen-bond donors (Lipinski definition) is 3. The Hall–Kier alpha value is -4.17. The molecule has 0 radical (unpaired) electrons. The van der Waals surface area contributed by atoms with Gasteiger partial charge in [-0.2, -0.15) is 8.42 Å². The van der Waals surface area contributed by atoms with Crippen LogP contribution in [0.15, 0.2) is 40.5 Å². The minimum atomic E-state index is -4.19. The molecule has 1 fully saturated rings. The van der Waals surface area contributed by atoms with Gasteiger partial charge in [-0.25, -0.2) is 0 Å². The van der Waals surface area contributed by atoms with Crippen LogP contribution >= 0.6 is 35.3 Å². The van der Waals surface area contributed by atoms with Crippen molar-refractivity contribution in [2.45, 2.75) is 19.9 Å². The Balaban J connectivity index is 1.51. The predicted octanol–water partition coefficient (Wildman–Crippen LogP) is 0.521. The Morgan fingerprint density at radius 3 is 2.42 bits per heavy atom. The van der Waals surface area contributed by atoms with E-state index in [0.29, 0.717) is 34.4 Å². The lowest BCUT2D eigenvalue weighted by Gasteiger charge is -2.19. The van der Waals surface area contributed by atoms with Crippen LogP contribution < -0.4 is 33.9 Å². The van der Waals surface area contributed by atoms with Gasteiger partial charge in [0.15, 0.2) is 17.2 Å². The Morgan fingerprint density at radius 2 is 1.76 bits per heavy atom. The van der Waals surface area contributed by atoms with E-state index in [-0.39, 0.29) is 38.2 Å². The molecule has 0 spiro atoms. The normalized spacial score (nSPS) is 18.7. The number of aliphatic carboxylic acids is 2. The molecular formula is C26H23N3O12S4. The summed E-state index contributed by atoms with van der Waals surface area (Å²) in [6.07, 6.45) is 4.64. The van der Waals surface area contributed by atoms with Crippen LogP contribution in [0, 0.1) is 0 Å². The summed E-state index contributed by atoms with van der Waals surface area (Å²) in [4.78, 5) is 51.4. The Bertz CT molecular complexity index is 1990. The molecule has 1 aromatic carbocycles. The zero-order valence-electron chi connectivity index (χ0n) is 23.1. The van der Waals surface area contributed by atoms with E-state index in [1.807, 2.05) is 0 Å². The molecule has 3 aliphatic heterocycles. The highest BCUT2D eigenvalue weighted by Gasteiger charge is 2.35. The number of carbonyl (C=O) groups is 3. The fourth-order valence-corrected chi connectivity index (χ4v) is 7.48. The summed E-state index contributed by atoms with van der Waals surface area (Å²) in [5, 5.41) is 18.5. The molecule has 0 unspecified atom stereocenters. The fourth-order valence-electron chi connectivity index (χ4n) is 4.53. The number of carboxylic acid groups (broad SMARTS) is 2. The van der Waals surface area contributed by atoms with Gasteiger partial charge in [-0.15, -0.1) is 11.3 Å². The van der Waals surface area contributed by atoms with Crippen molar-refractivity contribution in [2.24, 2.45) is 0 Å². The van der Waals surface area contributed by atoms with Crippen molar-refractivity contribution in [2.75, 3.05) is 30.5 Å². The van der Waals surface area contributed by atoms with Crippen molar-refractivity contribution in [3.8, 4) is 17.2 Å².